The largest absolute Gasteiger partial charge is 0.120 e. The second-order valence-electron chi connectivity index (χ2n) is 18.3. The first-order valence-electron chi connectivity index (χ1n) is 27.3. The van der Waals surface area contributed by atoms with Crippen molar-refractivity contribution in [1.29, 1.82) is 0 Å². The van der Waals surface area contributed by atoms with Crippen LogP contribution in [0.5, 0.6) is 0 Å². The quantitative estimate of drug-likeness (QED) is 0.154. The van der Waals surface area contributed by atoms with Gasteiger partial charge in [-0.15, -0.1) is 72.4 Å². The molecular weight excluding hydrogens is 1260 g/mol. The molecule has 0 amide bonds. The van der Waals surface area contributed by atoms with Crippen LogP contribution in [-0.2, 0) is 53.0 Å². The van der Waals surface area contributed by atoms with E-state index in [1.165, 1.54) is 121 Å². The minimum Gasteiger partial charge on any atom is -0.120 e. The first-order chi connectivity index (χ1) is 36.6. The Balaban J connectivity index is 0.000000191. The van der Waals surface area contributed by atoms with Gasteiger partial charge in [-0.1, -0.05) is 299 Å². The molecule has 380 valence electrons. The molecule has 0 bridgehead atoms. The third-order valence-electron chi connectivity index (χ3n) is 15.2. The van der Waals surface area contributed by atoms with Gasteiger partial charge < -0.3 is 0 Å². The molecule has 0 heterocycles. The van der Waals surface area contributed by atoms with Crippen LogP contribution in [0.3, 0.4) is 0 Å². The van der Waals surface area contributed by atoms with E-state index in [9.17, 15) is 0 Å². The Morgan fingerprint density at radius 2 is 0.632 bits per heavy atom. The van der Waals surface area contributed by atoms with Gasteiger partial charge in [-0.25, -0.2) is 0 Å². The van der Waals surface area contributed by atoms with E-state index < -0.39 is 0 Å². The zero-order valence-electron chi connectivity index (χ0n) is 45.9. The zero-order chi connectivity index (χ0) is 52.0. The van der Waals surface area contributed by atoms with Crippen molar-refractivity contribution in [1.82, 2.24) is 0 Å². The van der Waals surface area contributed by atoms with Gasteiger partial charge in [0.15, 0.2) is 0 Å². The summed E-state index contributed by atoms with van der Waals surface area (Å²) in [4.78, 5) is 0. The van der Waals surface area contributed by atoms with Gasteiger partial charge >= 0.3 is 0 Å². The first kappa shape index (κ1) is 57.0. The Kier molecular flexibility index (Phi) is 18.7. The summed E-state index contributed by atoms with van der Waals surface area (Å²) in [5.74, 6) is 0. The van der Waals surface area contributed by atoms with Crippen molar-refractivity contribution < 1.29 is 42.1 Å². The maximum atomic E-state index is 2.49. The molecule has 0 unspecified atom stereocenters. The van der Waals surface area contributed by atoms with Crippen LogP contribution in [0.2, 0.25) is 0 Å². The molecule has 0 aromatic heterocycles. The second-order valence-corrected chi connectivity index (χ2v) is 18.3. The summed E-state index contributed by atoms with van der Waals surface area (Å²) in [6.07, 6.45) is 0. The fraction of sp³-hybridized carbons (Fsp3) is 0.162. The molecule has 0 fully saturated rings. The van der Waals surface area contributed by atoms with E-state index in [1.807, 2.05) is 55.4 Å². The number of fused-ring (bicyclic) bond motifs is 13. The smallest absolute Gasteiger partial charge is 0.0700 e. The van der Waals surface area contributed by atoms with Gasteiger partial charge in [-0.05, 0) is 61.2 Å². The monoisotopic (exact) mass is 1330 g/mol. The zero-order valence-corrected chi connectivity index (χ0v) is 51.8. The van der Waals surface area contributed by atoms with Crippen molar-refractivity contribution in [3.8, 4) is 22.3 Å². The molecule has 0 saturated carbocycles. The van der Waals surface area contributed by atoms with E-state index >= 15 is 0 Å². The predicted octanol–water partition coefficient (Wildman–Crippen LogP) is 20.9. The predicted molar refractivity (Wildman–Crippen MR) is 324 cm³/mol. The number of hydrogen-bond donors (Lipinski definition) is 0. The summed E-state index contributed by atoms with van der Waals surface area (Å²) in [5, 5.41) is 10.9. The number of hydrogen-bond acceptors (Lipinski definition) is 0. The van der Waals surface area contributed by atoms with Crippen LogP contribution >= 0.6 is 0 Å². The van der Waals surface area contributed by atoms with Gasteiger partial charge in [-0.3, -0.25) is 0 Å². The third-order valence-corrected chi connectivity index (χ3v) is 15.2. The molecule has 0 nitrogen and oxygen atoms in total. The van der Waals surface area contributed by atoms with E-state index in [-0.39, 0.29) is 53.0 Å². The summed E-state index contributed by atoms with van der Waals surface area (Å²) >= 11 is 0. The Morgan fingerprint density at radius 3 is 1.12 bits per heavy atom. The molecule has 0 N–H and O–H groups in total. The summed E-state index contributed by atoms with van der Waals surface area (Å²) in [5.41, 5.74) is 18.2. The Bertz CT molecular complexity index is 3720. The van der Waals surface area contributed by atoms with Crippen molar-refractivity contribution in [2.75, 3.05) is 0 Å². The molecule has 2 heteroatoms. The van der Waals surface area contributed by atoms with E-state index in [4.69, 9.17) is 0 Å². The van der Waals surface area contributed by atoms with Crippen LogP contribution in [0.4, 0.5) is 0 Å². The van der Waals surface area contributed by atoms with Crippen molar-refractivity contribution in [3.63, 3.8) is 0 Å². The first-order valence-corrected chi connectivity index (χ1v) is 27.3. The van der Waals surface area contributed by atoms with Crippen LogP contribution in [-0.4, -0.2) is 0 Å². The van der Waals surface area contributed by atoms with Crippen molar-refractivity contribution in [3.05, 3.63) is 298 Å². The molecule has 12 aromatic carbocycles. The molecule has 14 rings (SSSR count). The molecule has 2 aliphatic rings. The van der Waals surface area contributed by atoms with Gasteiger partial charge in [0.25, 0.3) is 0 Å². The van der Waals surface area contributed by atoms with E-state index in [0.717, 1.165) is 0 Å². The minimum atomic E-state index is -0.358. The molecule has 0 spiro atoms. The summed E-state index contributed by atoms with van der Waals surface area (Å²) in [7, 11) is 0. The average molecular weight is 1330 g/mol. The molecule has 12 aromatic rings. The maximum absolute atomic E-state index is 2.49. The van der Waals surface area contributed by atoms with Crippen molar-refractivity contribution in [2.24, 2.45) is 0 Å². The van der Waals surface area contributed by atoms with Crippen LogP contribution in [0.25, 0.3) is 65.3 Å². The summed E-state index contributed by atoms with van der Waals surface area (Å²) in [6.45, 7) is 20.6. The fourth-order valence-electron chi connectivity index (χ4n) is 12.5. The molecule has 0 aliphatic heterocycles. The summed E-state index contributed by atoms with van der Waals surface area (Å²) < 4.78 is 0. The van der Waals surface area contributed by atoms with E-state index in [2.05, 4.69) is 257 Å². The van der Waals surface area contributed by atoms with Crippen LogP contribution in [0, 0.1) is 13.8 Å². The fourth-order valence-corrected chi connectivity index (χ4v) is 12.5. The van der Waals surface area contributed by atoms with Crippen molar-refractivity contribution >= 4 is 43.1 Å². The average Bonchev–Trinajstić information content (AvgIpc) is 4.21. The number of benzene rings is 10. The standard InChI is InChI=1S/2C33H23.4C2H6.2W/c1-22-25-16-8-9-17-26(25)29-21-32-30(20-28(22)29)27-18-10-11-19-31(27)33(32,23-12-4-2-5-13-23)24-14-6-3-7-15-24;1-22-25-16-8-9-17-26(25)28-20-21-29-27-18-10-11-19-30(27)33(32(29)31(22)28,23-12-4-2-5-13-23)24-14-6-3-7-15-24;4*1-2;;/h2*2-21H,1H3;4*1-2H3;;/q2*-1;;;;;;. The molecular formula is C74H70W2-2. The SMILES string of the molecule is CC.CC.CC.CC.C[c-]1c2ccccc2c2cc3c(cc21)-c1ccccc1C3(c1ccccc1)c1ccccc1.C[c-]1c2ccccc2c2ccc3c(c21)C(c1ccccc1)(c1ccccc1)c1ccccc1-3.[W].[W]. The van der Waals surface area contributed by atoms with Gasteiger partial charge in [0, 0.05) is 47.5 Å². The number of aryl methyl sites for hydroxylation is 2. The molecule has 0 saturated heterocycles. The molecule has 0 radical (unpaired) electrons. The summed E-state index contributed by atoms with van der Waals surface area (Å²) in [6, 6.07) is 89.5. The van der Waals surface area contributed by atoms with E-state index in [1.54, 1.807) is 0 Å². The second kappa shape index (κ2) is 25.0. The van der Waals surface area contributed by atoms with Crippen LogP contribution in [0.1, 0.15) is 111 Å². The Hall–Kier alpha value is -6.68. The number of rotatable bonds is 4. The molecule has 0 atom stereocenters. The van der Waals surface area contributed by atoms with Gasteiger partial charge in [-0.2, -0.15) is 0 Å². The van der Waals surface area contributed by atoms with Gasteiger partial charge in [0.2, 0.25) is 0 Å². The van der Waals surface area contributed by atoms with Crippen LogP contribution in [0.15, 0.2) is 243 Å². The van der Waals surface area contributed by atoms with Gasteiger partial charge in [0.05, 0.1) is 5.41 Å². The molecule has 2 aliphatic carbocycles. The van der Waals surface area contributed by atoms with Gasteiger partial charge in [0.1, 0.15) is 0 Å². The Morgan fingerprint density at radius 1 is 0.263 bits per heavy atom. The normalized spacial score (nSPS) is 12.3. The minimum absolute atomic E-state index is 0. The Labute approximate surface area is 482 Å². The topological polar surface area (TPSA) is 0 Å². The van der Waals surface area contributed by atoms with E-state index in [0.29, 0.717) is 0 Å². The van der Waals surface area contributed by atoms with Crippen LogP contribution < -0.4 is 0 Å². The molecule has 76 heavy (non-hydrogen) atoms. The maximum Gasteiger partial charge on any atom is 0.0700 e. The van der Waals surface area contributed by atoms with Crippen molar-refractivity contribution in [2.45, 2.75) is 80.1 Å². The third kappa shape index (κ3) is 8.91.